The molecule has 1 aliphatic rings. The molecule has 0 spiro atoms. The molecule has 2 heterocycles. The Hall–Kier alpha value is -0.980. The van der Waals surface area contributed by atoms with Gasteiger partial charge in [0.15, 0.2) is 0 Å². The lowest BCUT2D eigenvalue weighted by molar-refractivity contribution is -0.136. The third kappa shape index (κ3) is 3.81. The molecule has 0 aromatic carbocycles. The van der Waals surface area contributed by atoms with Crippen LogP contribution < -0.4 is 10.6 Å². The Morgan fingerprint density at radius 2 is 2.29 bits per heavy atom. The number of thiazole rings is 1. The quantitative estimate of drug-likeness (QED) is 0.842. The summed E-state index contributed by atoms with van der Waals surface area (Å²) in [6, 6.07) is -0.0496. The first-order valence-corrected chi connectivity index (χ1v) is 8.38. The van der Waals surface area contributed by atoms with E-state index in [1.165, 1.54) is 4.88 Å². The second kappa shape index (κ2) is 7.33. The minimum atomic E-state index is -0.404. The van der Waals surface area contributed by atoms with Crippen molar-refractivity contribution in [2.45, 2.75) is 39.2 Å². The van der Waals surface area contributed by atoms with Crippen LogP contribution in [-0.2, 0) is 16.0 Å². The number of methoxy groups -OCH3 is 1. The van der Waals surface area contributed by atoms with Gasteiger partial charge in [0.2, 0.25) is 5.91 Å². The molecular weight excluding hydrogens is 286 g/mol. The van der Waals surface area contributed by atoms with Gasteiger partial charge in [-0.15, -0.1) is 11.3 Å². The lowest BCUT2D eigenvalue weighted by Crippen LogP contribution is -2.50. The number of nitrogens with zero attached hydrogens (tertiary/aromatic N) is 1. The number of carbonyl (C=O) groups is 1. The molecule has 1 aliphatic heterocycles. The maximum absolute atomic E-state index is 12.7. The van der Waals surface area contributed by atoms with E-state index >= 15 is 0 Å². The predicted molar refractivity (Wildman–Crippen MR) is 84.5 cm³/mol. The van der Waals surface area contributed by atoms with Crippen molar-refractivity contribution in [1.29, 1.82) is 0 Å². The van der Waals surface area contributed by atoms with Crippen LogP contribution in [0.15, 0.2) is 6.20 Å². The van der Waals surface area contributed by atoms with Crippen LogP contribution >= 0.6 is 11.3 Å². The van der Waals surface area contributed by atoms with Gasteiger partial charge in [-0.2, -0.15) is 0 Å². The third-order valence-corrected chi connectivity index (χ3v) is 5.43. The summed E-state index contributed by atoms with van der Waals surface area (Å²) in [6.07, 6.45) is 4.52. The zero-order valence-corrected chi connectivity index (χ0v) is 13.9. The number of piperidine rings is 1. The van der Waals surface area contributed by atoms with E-state index in [1.807, 2.05) is 13.1 Å². The van der Waals surface area contributed by atoms with Gasteiger partial charge >= 0.3 is 0 Å². The number of hydrogen-bond donors (Lipinski definition) is 2. The predicted octanol–water partition coefficient (Wildman–Crippen LogP) is 1.90. The molecule has 2 rings (SSSR count). The van der Waals surface area contributed by atoms with Gasteiger partial charge < -0.3 is 15.4 Å². The molecule has 0 saturated carbocycles. The van der Waals surface area contributed by atoms with Crippen molar-refractivity contribution in [2.24, 2.45) is 5.41 Å². The van der Waals surface area contributed by atoms with Crippen molar-refractivity contribution in [3.05, 3.63) is 16.1 Å². The minimum absolute atomic E-state index is 0.0496. The summed E-state index contributed by atoms with van der Waals surface area (Å²) in [7, 11) is 1.66. The first kappa shape index (κ1) is 16.4. The number of ether oxygens (including phenoxy) is 1. The summed E-state index contributed by atoms with van der Waals surface area (Å²) in [5, 5.41) is 7.41. The molecule has 1 aromatic heterocycles. The summed E-state index contributed by atoms with van der Waals surface area (Å²) in [5.41, 5.74) is -0.404. The molecule has 6 heteroatoms. The number of aromatic nitrogens is 1. The SMILES string of the molecule is CCc1cnc(C(C)NC(=O)C2(COC)CCNCC2)s1. The third-order valence-electron chi connectivity index (χ3n) is 4.10. The number of amides is 1. The average molecular weight is 311 g/mol. The molecule has 118 valence electrons. The van der Waals surface area contributed by atoms with E-state index in [4.69, 9.17) is 4.74 Å². The maximum Gasteiger partial charge on any atom is 0.229 e. The molecule has 1 aromatic rings. The Labute approximate surface area is 130 Å². The number of nitrogens with one attached hydrogen (secondary N) is 2. The van der Waals surface area contributed by atoms with E-state index < -0.39 is 5.41 Å². The second-order valence-corrected chi connectivity index (χ2v) is 6.82. The van der Waals surface area contributed by atoms with Crippen LogP contribution in [0.1, 0.15) is 42.6 Å². The number of hydrogen-bond acceptors (Lipinski definition) is 5. The lowest BCUT2D eigenvalue weighted by Gasteiger charge is -2.36. The molecule has 5 nitrogen and oxygen atoms in total. The highest BCUT2D eigenvalue weighted by Crippen LogP contribution is 2.31. The zero-order chi connectivity index (χ0) is 15.3. The minimum Gasteiger partial charge on any atom is -0.384 e. The zero-order valence-electron chi connectivity index (χ0n) is 13.1. The van der Waals surface area contributed by atoms with E-state index in [9.17, 15) is 4.79 Å². The van der Waals surface area contributed by atoms with Gasteiger partial charge in [0.1, 0.15) is 5.01 Å². The summed E-state index contributed by atoms with van der Waals surface area (Å²) in [4.78, 5) is 18.4. The largest absolute Gasteiger partial charge is 0.384 e. The summed E-state index contributed by atoms with van der Waals surface area (Å²) < 4.78 is 5.31. The van der Waals surface area contributed by atoms with Crippen molar-refractivity contribution >= 4 is 17.2 Å². The Balaban J connectivity index is 2.03. The van der Waals surface area contributed by atoms with Crippen molar-refractivity contribution in [3.8, 4) is 0 Å². The monoisotopic (exact) mass is 311 g/mol. The van der Waals surface area contributed by atoms with Crippen molar-refractivity contribution in [2.75, 3.05) is 26.8 Å². The highest BCUT2D eigenvalue weighted by molar-refractivity contribution is 7.11. The fourth-order valence-corrected chi connectivity index (χ4v) is 3.58. The molecular formula is C15H25N3O2S. The van der Waals surface area contributed by atoms with Gasteiger partial charge in [0.05, 0.1) is 18.1 Å². The van der Waals surface area contributed by atoms with E-state index in [1.54, 1.807) is 18.4 Å². The molecule has 1 atom stereocenters. The molecule has 2 N–H and O–H groups in total. The number of carbonyl (C=O) groups excluding carboxylic acids is 1. The van der Waals surface area contributed by atoms with E-state index in [0.717, 1.165) is 37.4 Å². The Bertz CT molecular complexity index is 464. The van der Waals surface area contributed by atoms with Crippen molar-refractivity contribution < 1.29 is 9.53 Å². The van der Waals surface area contributed by atoms with E-state index in [2.05, 4.69) is 22.5 Å². The highest BCUT2D eigenvalue weighted by atomic mass is 32.1. The van der Waals surface area contributed by atoms with Crippen LogP contribution in [0, 0.1) is 5.41 Å². The van der Waals surface area contributed by atoms with Gasteiger partial charge in [-0.05, 0) is 39.3 Å². The molecule has 0 radical (unpaired) electrons. The first-order valence-electron chi connectivity index (χ1n) is 7.56. The van der Waals surface area contributed by atoms with Crippen LogP contribution in [-0.4, -0.2) is 37.7 Å². The topological polar surface area (TPSA) is 63.2 Å². The Kier molecular flexibility index (Phi) is 5.72. The average Bonchev–Trinajstić information content (AvgIpc) is 2.97. The molecule has 21 heavy (non-hydrogen) atoms. The van der Waals surface area contributed by atoms with E-state index in [0.29, 0.717) is 6.61 Å². The fourth-order valence-electron chi connectivity index (χ4n) is 2.72. The van der Waals surface area contributed by atoms with Gasteiger partial charge in [0, 0.05) is 18.2 Å². The van der Waals surface area contributed by atoms with Gasteiger partial charge in [-0.3, -0.25) is 4.79 Å². The van der Waals surface area contributed by atoms with E-state index in [-0.39, 0.29) is 11.9 Å². The van der Waals surface area contributed by atoms with Crippen LogP contribution in [0.3, 0.4) is 0 Å². The normalized spacial score (nSPS) is 19.2. The van der Waals surface area contributed by atoms with Crippen LogP contribution in [0.5, 0.6) is 0 Å². The maximum atomic E-state index is 12.7. The molecule has 0 bridgehead atoms. The smallest absolute Gasteiger partial charge is 0.229 e. The van der Waals surface area contributed by atoms with Crippen molar-refractivity contribution in [3.63, 3.8) is 0 Å². The van der Waals surface area contributed by atoms with Gasteiger partial charge in [0.25, 0.3) is 0 Å². The first-order chi connectivity index (χ1) is 10.1. The number of rotatable bonds is 6. The van der Waals surface area contributed by atoms with Gasteiger partial charge in [-0.25, -0.2) is 4.98 Å². The fraction of sp³-hybridized carbons (Fsp3) is 0.733. The van der Waals surface area contributed by atoms with Crippen molar-refractivity contribution in [1.82, 2.24) is 15.6 Å². The highest BCUT2D eigenvalue weighted by Gasteiger charge is 2.40. The van der Waals surface area contributed by atoms with Crippen LogP contribution in [0.4, 0.5) is 0 Å². The second-order valence-electron chi connectivity index (χ2n) is 5.68. The molecule has 0 aliphatic carbocycles. The molecule has 1 amide bonds. The van der Waals surface area contributed by atoms with Gasteiger partial charge in [-0.1, -0.05) is 6.92 Å². The number of aryl methyl sites for hydroxylation is 1. The Morgan fingerprint density at radius 1 is 1.57 bits per heavy atom. The van der Waals surface area contributed by atoms with Crippen LogP contribution in [0.25, 0.3) is 0 Å². The molecule has 1 unspecified atom stereocenters. The molecule has 1 saturated heterocycles. The standard InChI is InChI=1S/C15H25N3O2S/c1-4-12-9-17-13(21-12)11(2)18-14(19)15(10-20-3)5-7-16-8-6-15/h9,11,16H,4-8,10H2,1-3H3,(H,18,19). The summed E-state index contributed by atoms with van der Waals surface area (Å²) >= 11 is 1.67. The summed E-state index contributed by atoms with van der Waals surface area (Å²) in [6.45, 7) is 6.32. The summed E-state index contributed by atoms with van der Waals surface area (Å²) in [5.74, 6) is 0.0894. The molecule has 1 fully saturated rings. The lowest BCUT2D eigenvalue weighted by atomic mass is 9.78. The van der Waals surface area contributed by atoms with Crippen LogP contribution in [0.2, 0.25) is 0 Å². The Morgan fingerprint density at radius 3 is 2.86 bits per heavy atom.